The SMILES string of the molecule is O=C(O)[C@@H]1CN(c2ncccc2C(=O)N2CCCC2)C[C@H]1c1cccnc1. The number of amides is 1. The molecule has 0 saturated carbocycles. The van der Waals surface area contributed by atoms with Gasteiger partial charge < -0.3 is 14.9 Å². The second kappa shape index (κ2) is 7.34. The molecule has 0 radical (unpaired) electrons. The van der Waals surface area contributed by atoms with Crippen molar-refractivity contribution in [3.05, 3.63) is 54.0 Å². The maximum atomic E-state index is 12.9. The second-order valence-corrected chi connectivity index (χ2v) is 7.12. The Hall–Kier alpha value is -2.96. The highest BCUT2D eigenvalue weighted by Crippen LogP contribution is 2.36. The Bertz CT molecular complexity index is 836. The topological polar surface area (TPSA) is 86.6 Å². The first-order valence-electron chi connectivity index (χ1n) is 9.27. The number of carbonyl (C=O) groups is 2. The standard InChI is InChI=1S/C20H22N4O3/c25-19(23-9-1-2-10-23)15-6-4-8-22-18(15)24-12-16(17(13-24)20(26)27)14-5-3-7-21-11-14/h3-8,11,16-17H,1-2,9-10,12-13H2,(H,26,27)/t16-,17+/m0/s1. The van der Waals surface area contributed by atoms with E-state index in [-0.39, 0.29) is 11.8 Å². The van der Waals surface area contributed by atoms with Crippen LogP contribution in [0, 0.1) is 5.92 Å². The molecule has 0 aromatic carbocycles. The van der Waals surface area contributed by atoms with Gasteiger partial charge in [-0.1, -0.05) is 6.07 Å². The first-order valence-corrected chi connectivity index (χ1v) is 9.27. The molecule has 0 bridgehead atoms. The molecule has 2 fully saturated rings. The van der Waals surface area contributed by atoms with Crippen molar-refractivity contribution in [3.8, 4) is 0 Å². The number of pyridine rings is 2. The van der Waals surface area contributed by atoms with Crippen LogP contribution in [0.5, 0.6) is 0 Å². The Morgan fingerprint density at radius 3 is 2.56 bits per heavy atom. The number of carboxylic acids is 1. The molecular formula is C20H22N4O3. The van der Waals surface area contributed by atoms with Gasteiger partial charge in [0.05, 0.1) is 11.5 Å². The van der Waals surface area contributed by atoms with E-state index in [2.05, 4.69) is 9.97 Å². The molecule has 140 valence electrons. The average Bonchev–Trinajstić information content (AvgIpc) is 3.38. The molecule has 2 atom stereocenters. The third-order valence-corrected chi connectivity index (χ3v) is 5.46. The van der Waals surface area contributed by atoms with Gasteiger partial charge in [-0.3, -0.25) is 14.6 Å². The fraction of sp³-hybridized carbons (Fsp3) is 0.400. The summed E-state index contributed by atoms with van der Waals surface area (Å²) >= 11 is 0. The molecule has 27 heavy (non-hydrogen) atoms. The zero-order valence-corrected chi connectivity index (χ0v) is 15.0. The Balaban J connectivity index is 1.64. The van der Waals surface area contributed by atoms with Crippen LogP contribution < -0.4 is 4.90 Å². The number of carboxylic acid groups (broad SMARTS) is 1. The van der Waals surface area contributed by atoms with Crippen molar-refractivity contribution in [2.24, 2.45) is 5.92 Å². The fourth-order valence-electron chi connectivity index (χ4n) is 4.07. The van der Waals surface area contributed by atoms with Crippen molar-refractivity contribution in [1.29, 1.82) is 0 Å². The number of hydrogen-bond acceptors (Lipinski definition) is 5. The Morgan fingerprint density at radius 2 is 1.85 bits per heavy atom. The van der Waals surface area contributed by atoms with Gasteiger partial charge in [0.2, 0.25) is 0 Å². The molecule has 2 aromatic rings. The van der Waals surface area contributed by atoms with E-state index in [0.717, 1.165) is 31.5 Å². The number of likely N-dealkylation sites (tertiary alicyclic amines) is 1. The quantitative estimate of drug-likeness (QED) is 0.891. The minimum atomic E-state index is -0.838. The van der Waals surface area contributed by atoms with Crippen molar-refractivity contribution in [2.45, 2.75) is 18.8 Å². The van der Waals surface area contributed by atoms with Crippen LogP contribution in [0.2, 0.25) is 0 Å². The number of rotatable bonds is 4. The maximum absolute atomic E-state index is 12.9. The number of anilines is 1. The molecule has 1 amide bonds. The third kappa shape index (κ3) is 3.37. The highest BCUT2D eigenvalue weighted by Gasteiger charge is 2.40. The maximum Gasteiger partial charge on any atom is 0.308 e. The van der Waals surface area contributed by atoms with E-state index in [1.807, 2.05) is 21.9 Å². The van der Waals surface area contributed by atoms with E-state index in [0.29, 0.717) is 24.5 Å². The molecule has 2 aliphatic rings. The minimum Gasteiger partial charge on any atom is -0.481 e. The van der Waals surface area contributed by atoms with Gasteiger partial charge in [-0.15, -0.1) is 0 Å². The molecule has 1 N–H and O–H groups in total. The summed E-state index contributed by atoms with van der Waals surface area (Å²) in [6.45, 7) is 2.36. The van der Waals surface area contributed by atoms with Crippen LogP contribution in [0.1, 0.15) is 34.7 Å². The molecule has 0 aliphatic carbocycles. The summed E-state index contributed by atoms with van der Waals surface area (Å²) < 4.78 is 0. The summed E-state index contributed by atoms with van der Waals surface area (Å²) in [6, 6.07) is 7.28. The zero-order chi connectivity index (χ0) is 18.8. The Kier molecular flexibility index (Phi) is 4.75. The highest BCUT2D eigenvalue weighted by atomic mass is 16.4. The third-order valence-electron chi connectivity index (χ3n) is 5.46. The predicted octanol–water partition coefficient (Wildman–Crippen LogP) is 2.02. The number of aliphatic carboxylic acids is 1. The first-order chi connectivity index (χ1) is 13.1. The average molecular weight is 366 g/mol. The van der Waals surface area contributed by atoms with E-state index in [1.54, 1.807) is 30.7 Å². The number of hydrogen-bond donors (Lipinski definition) is 1. The summed E-state index contributed by atoms with van der Waals surface area (Å²) in [5.74, 6) is -1.03. The van der Waals surface area contributed by atoms with E-state index in [4.69, 9.17) is 0 Å². The molecule has 2 aromatic heterocycles. The van der Waals surface area contributed by atoms with Gasteiger partial charge in [0.1, 0.15) is 5.82 Å². The Morgan fingerprint density at radius 1 is 1.07 bits per heavy atom. The largest absolute Gasteiger partial charge is 0.481 e. The van der Waals surface area contributed by atoms with Crippen LogP contribution >= 0.6 is 0 Å². The fourth-order valence-corrected chi connectivity index (χ4v) is 4.07. The zero-order valence-electron chi connectivity index (χ0n) is 15.0. The summed E-state index contributed by atoms with van der Waals surface area (Å²) in [4.78, 5) is 37.1. The monoisotopic (exact) mass is 366 g/mol. The number of aromatic nitrogens is 2. The van der Waals surface area contributed by atoms with Gasteiger partial charge in [-0.2, -0.15) is 0 Å². The van der Waals surface area contributed by atoms with Crippen LogP contribution in [0.3, 0.4) is 0 Å². The van der Waals surface area contributed by atoms with E-state index >= 15 is 0 Å². The van der Waals surface area contributed by atoms with Gasteiger partial charge in [-0.05, 0) is 36.6 Å². The highest BCUT2D eigenvalue weighted by molar-refractivity contribution is 5.99. The van der Waals surface area contributed by atoms with Gasteiger partial charge in [0.15, 0.2) is 0 Å². The minimum absolute atomic E-state index is 0.0210. The van der Waals surface area contributed by atoms with Crippen LogP contribution in [0.15, 0.2) is 42.9 Å². The van der Waals surface area contributed by atoms with Crippen molar-refractivity contribution < 1.29 is 14.7 Å². The molecule has 4 heterocycles. The van der Waals surface area contributed by atoms with E-state index in [9.17, 15) is 14.7 Å². The van der Waals surface area contributed by atoms with Gasteiger partial charge in [0.25, 0.3) is 5.91 Å². The lowest BCUT2D eigenvalue weighted by atomic mass is 9.90. The van der Waals surface area contributed by atoms with Crippen LogP contribution in [-0.2, 0) is 4.79 Å². The molecule has 7 nitrogen and oxygen atoms in total. The second-order valence-electron chi connectivity index (χ2n) is 7.12. The summed E-state index contributed by atoms with van der Waals surface area (Å²) in [6.07, 6.45) is 7.10. The van der Waals surface area contributed by atoms with Gasteiger partial charge in [-0.25, -0.2) is 4.98 Å². The summed E-state index contributed by atoms with van der Waals surface area (Å²) in [7, 11) is 0. The van der Waals surface area contributed by atoms with Gasteiger partial charge >= 0.3 is 5.97 Å². The van der Waals surface area contributed by atoms with Crippen LogP contribution in [0.25, 0.3) is 0 Å². The molecule has 7 heteroatoms. The van der Waals surface area contributed by atoms with Crippen molar-refractivity contribution >= 4 is 17.7 Å². The molecule has 0 spiro atoms. The molecule has 2 saturated heterocycles. The molecule has 0 unspecified atom stereocenters. The lowest BCUT2D eigenvalue weighted by Gasteiger charge is -2.23. The number of nitrogens with zero attached hydrogens (tertiary/aromatic N) is 4. The predicted molar refractivity (Wildman–Crippen MR) is 99.7 cm³/mol. The number of carbonyl (C=O) groups excluding carboxylic acids is 1. The molecule has 4 rings (SSSR count). The lowest BCUT2D eigenvalue weighted by Crippen LogP contribution is -2.31. The van der Waals surface area contributed by atoms with Crippen molar-refractivity contribution in [1.82, 2.24) is 14.9 Å². The first kappa shape index (κ1) is 17.5. The summed E-state index contributed by atoms with van der Waals surface area (Å²) in [5, 5.41) is 9.72. The smallest absolute Gasteiger partial charge is 0.308 e. The van der Waals surface area contributed by atoms with Crippen LogP contribution in [0.4, 0.5) is 5.82 Å². The normalized spacial score (nSPS) is 22.2. The van der Waals surface area contributed by atoms with Crippen molar-refractivity contribution in [3.63, 3.8) is 0 Å². The van der Waals surface area contributed by atoms with E-state index in [1.165, 1.54) is 0 Å². The van der Waals surface area contributed by atoms with Gasteiger partial charge in [0, 0.05) is 50.7 Å². The summed E-state index contributed by atoms with van der Waals surface area (Å²) in [5.41, 5.74) is 1.45. The van der Waals surface area contributed by atoms with E-state index < -0.39 is 11.9 Å². The van der Waals surface area contributed by atoms with Crippen molar-refractivity contribution in [2.75, 3.05) is 31.1 Å². The molecular weight excluding hydrogens is 344 g/mol. The Labute approximate surface area is 157 Å². The molecule has 2 aliphatic heterocycles. The van der Waals surface area contributed by atoms with Crippen LogP contribution in [-0.4, -0.2) is 58.0 Å². The lowest BCUT2D eigenvalue weighted by molar-refractivity contribution is -0.141.